The first kappa shape index (κ1) is 20.8. The van der Waals surface area contributed by atoms with Gasteiger partial charge in [0.1, 0.15) is 0 Å². The Labute approximate surface area is 176 Å². The van der Waals surface area contributed by atoms with Gasteiger partial charge in [0.2, 0.25) is 0 Å². The third-order valence-corrected chi connectivity index (χ3v) is 5.52. The van der Waals surface area contributed by atoms with E-state index in [-0.39, 0.29) is 5.91 Å². The highest BCUT2D eigenvalue weighted by Gasteiger charge is 2.17. The van der Waals surface area contributed by atoms with Crippen molar-refractivity contribution in [3.8, 4) is 11.5 Å². The van der Waals surface area contributed by atoms with Gasteiger partial charge in [-0.25, -0.2) is 0 Å². The van der Waals surface area contributed by atoms with Crippen LogP contribution in [0.2, 0.25) is 0 Å². The van der Waals surface area contributed by atoms with Crippen LogP contribution >= 0.6 is 11.8 Å². The van der Waals surface area contributed by atoms with E-state index in [0.29, 0.717) is 11.5 Å². The molecule has 0 bridgehead atoms. The van der Waals surface area contributed by atoms with E-state index < -0.39 is 6.10 Å². The molecule has 0 saturated carbocycles. The highest BCUT2D eigenvalue weighted by Crippen LogP contribution is 2.28. The number of anilines is 1. The number of hydrogen-bond acceptors (Lipinski definition) is 4. The fraction of sp³-hybridized carbons (Fsp3) is 0.208. The number of benzene rings is 3. The zero-order valence-electron chi connectivity index (χ0n) is 16.8. The number of carbonyl (C=O) groups excluding carboxylic acids is 1. The lowest BCUT2D eigenvalue weighted by Gasteiger charge is -2.17. The zero-order chi connectivity index (χ0) is 20.6. The van der Waals surface area contributed by atoms with Crippen molar-refractivity contribution < 1.29 is 14.3 Å². The van der Waals surface area contributed by atoms with Crippen molar-refractivity contribution in [2.24, 2.45) is 0 Å². The first-order valence-electron chi connectivity index (χ1n) is 9.44. The number of rotatable bonds is 8. The molecular weight excluding hydrogens is 382 g/mol. The van der Waals surface area contributed by atoms with Crippen LogP contribution in [0.5, 0.6) is 11.5 Å². The van der Waals surface area contributed by atoms with Crippen molar-refractivity contribution in [3.63, 3.8) is 0 Å². The lowest BCUT2D eigenvalue weighted by atomic mass is 10.1. The summed E-state index contributed by atoms with van der Waals surface area (Å²) < 4.78 is 11.1. The summed E-state index contributed by atoms with van der Waals surface area (Å²) in [5, 5.41) is 2.96. The highest BCUT2D eigenvalue weighted by atomic mass is 32.2. The lowest BCUT2D eigenvalue weighted by molar-refractivity contribution is -0.122. The number of methoxy groups -OCH3 is 1. The Hall–Kier alpha value is -2.92. The van der Waals surface area contributed by atoms with E-state index in [9.17, 15) is 4.79 Å². The van der Waals surface area contributed by atoms with Crippen LogP contribution in [-0.2, 0) is 10.5 Å². The number of carbonyl (C=O) groups is 1. The number of amides is 1. The van der Waals surface area contributed by atoms with Crippen LogP contribution in [0.3, 0.4) is 0 Å². The van der Waals surface area contributed by atoms with E-state index in [4.69, 9.17) is 9.47 Å². The third-order valence-electron chi connectivity index (χ3n) is 4.44. The fourth-order valence-electron chi connectivity index (χ4n) is 2.83. The third kappa shape index (κ3) is 5.78. The monoisotopic (exact) mass is 407 g/mol. The van der Waals surface area contributed by atoms with Crippen LogP contribution in [0.1, 0.15) is 18.1 Å². The van der Waals surface area contributed by atoms with Crippen LogP contribution in [-0.4, -0.2) is 19.1 Å². The van der Waals surface area contributed by atoms with E-state index >= 15 is 0 Å². The van der Waals surface area contributed by atoms with Crippen molar-refractivity contribution in [2.75, 3.05) is 12.4 Å². The van der Waals surface area contributed by atoms with E-state index in [0.717, 1.165) is 17.0 Å². The number of hydrogen-bond donors (Lipinski definition) is 1. The van der Waals surface area contributed by atoms with Gasteiger partial charge in [-0.3, -0.25) is 4.79 Å². The molecule has 0 spiro atoms. The predicted molar refractivity (Wildman–Crippen MR) is 119 cm³/mol. The van der Waals surface area contributed by atoms with Crippen molar-refractivity contribution in [3.05, 3.63) is 83.9 Å². The summed E-state index contributed by atoms with van der Waals surface area (Å²) >= 11 is 1.79. The molecule has 0 radical (unpaired) electrons. The van der Waals surface area contributed by atoms with Gasteiger partial charge in [0.15, 0.2) is 17.6 Å². The van der Waals surface area contributed by atoms with Crippen LogP contribution in [0, 0.1) is 6.92 Å². The second kappa shape index (κ2) is 10.0. The Balaban J connectivity index is 1.59. The van der Waals surface area contributed by atoms with Gasteiger partial charge in [-0.15, -0.1) is 11.8 Å². The minimum absolute atomic E-state index is 0.203. The standard InChI is InChI=1S/C24H25NO3S/c1-17-15-19(16-29-20-9-5-4-6-10-20)13-14-21(17)25-24(26)18(2)28-23-12-8-7-11-22(23)27-3/h4-15,18H,16H2,1-3H3,(H,25,26)/t18-/m1/s1. The fourth-order valence-corrected chi connectivity index (χ4v) is 3.70. The number of aryl methyl sites for hydroxylation is 1. The van der Waals surface area contributed by atoms with Crippen LogP contribution in [0.25, 0.3) is 0 Å². The molecule has 3 aromatic rings. The molecule has 5 heteroatoms. The molecule has 1 amide bonds. The van der Waals surface area contributed by atoms with Crippen molar-refractivity contribution in [1.82, 2.24) is 0 Å². The summed E-state index contributed by atoms with van der Waals surface area (Å²) in [5.41, 5.74) is 3.03. The molecule has 29 heavy (non-hydrogen) atoms. The van der Waals surface area contributed by atoms with Crippen molar-refractivity contribution >= 4 is 23.4 Å². The highest BCUT2D eigenvalue weighted by molar-refractivity contribution is 7.98. The molecule has 0 fully saturated rings. The topological polar surface area (TPSA) is 47.6 Å². The minimum Gasteiger partial charge on any atom is -0.493 e. The summed E-state index contributed by atoms with van der Waals surface area (Å²) in [6, 6.07) is 23.7. The van der Waals surface area contributed by atoms with Gasteiger partial charge in [0, 0.05) is 16.3 Å². The molecule has 0 heterocycles. The predicted octanol–water partition coefficient (Wildman–Crippen LogP) is 5.70. The molecule has 4 nitrogen and oxygen atoms in total. The summed E-state index contributed by atoms with van der Waals surface area (Å²) in [4.78, 5) is 13.8. The number of ether oxygens (including phenoxy) is 2. The average Bonchev–Trinajstić information content (AvgIpc) is 2.75. The molecule has 150 valence electrons. The first-order chi connectivity index (χ1) is 14.1. The molecular formula is C24H25NO3S. The molecule has 1 atom stereocenters. The van der Waals surface area contributed by atoms with Crippen molar-refractivity contribution in [1.29, 1.82) is 0 Å². The second-order valence-electron chi connectivity index (χ2n) is 6.65. The lowest BCUT2D eigenvalue weighted by Crippen LogP contribution is -2.30. The van der Waals surface area contributed by atoms with Gasteiger partial charge in [-0.2, -0.15) is 0 Å². The summed E-state index contributed by atoms with van der Waals surface area (Å²) in [7, 11) is 1.58. The molecule has 0 unspecified atom stereocenters. The molecule has 1 N–H and O–H groups in total. The van der Waals surface area contributed by atoms with Gasteiger partial charge >= 0.3 is 0 Å². The van der Waals surface area contributed by atoms with E-state index in [1.54, 1.807) is 37.9 Å². The number of para-hydroxylation sites is 2. The second-order valence-corrected chi connectivity index (χ2v) is 7.70. The normalized spacial score (nSPS) is 11.6. The quantitative estimate of drug-likeness (QED) is 0.487. The van der Waals surface area contributed by atoms with Crippen LogP contribution < -0.4 is 14.8 Å². The molecule has 3 rings (SSSR count). The van der Waals surface area contributed by atoms with Crippen LogP contribution in [0.4, 0.5) is 5.69 Å². The maximum Gasteiger partial charge on any atom is 0.265 e. The van der Waals surface area contributed by atoms with Gasteiger partial charge < -0.3 is 14.8 Å². The first-order valence-corrected chi connectivity index (χ1v) is 10.4. The Kier molecular flexibility index (Phi) is 7.19. The number of thioether (sulfide) groups is 1. The van der Waals surface area contributed by atoms with Crippen molar-refractivity contribution in [2.45, 2.75) is 30.6 Å². The Morgan fingerprint density at radius 3 is 2.38 bits per heavy atom. The molecule has 0 saturated heterocycles. The Bertz CT molecular complexity index is 959. The van der Waals surface area contributed by atoms with Gasteiger partial charge in [-0.05, 0) is 55.3 Å². The summed E-state index contributed by atoms with van der Waals surface area (Å²) in [5.74, 6) is 1.82. The SMILES string of the molecule is COc1ccccc1O[C@H](C)C(=O)Nc1ccc(CSc2ccccc2)cc1C. The average molecular weight is 408 g/mol. The van der Waals surface area contributed by atoms with Gasteiger partial charge in [0.25, 0.3) is 5.91 Å². The van der Waals surface area contributed by atoms with Gasteiger partial charge in [0.05, 0.1) is 7.11 Å². The minimum atomic E-state index is -0.654. The molecule has 0 aliphatic heterocycles. The molecule has 0 aliphatic carbocycles. The zero-order valence-corrected chi connectivity index (χ0v) is 17.7. The maximum atomic E-state index is 12.6. The van der Waals surface area contributed by atoms with Gasteiger partial charge in [-0.1, -0.05) is 42.5 Å². The Morgan fingerprint density at radius 2 is 1.69 bits per heavy atom. The summed E-state index contributed by atoms with van der Waals surface area (Å²) in [6.45, 7) is 3.72. The smallest absolute Gasteiger partial charge is 0.265 e. The molecule has 3 aromatic carbocycles. The van der Waals surface area contributed by atoms with E-state index in [1.807, 2.05) is 49.4 Å². The maximum absolute atomic E-state index is 12.6. The number of nitrogens with one attached hydrogen (secondary N) is 1. The van der Waals surface area contributed by atoms with E-state index in [1.165, 1.54) is 10.5 Å². The van der Waals surface area contributed by atoms with Crippen LogP contribution in [0.15, 0.2) is 77.7 Å². The Morgan fingerprint density at radius 1 is 1.00 bits per heavy atom. The summed E-state index contributed by atoms with van der Waals surface area (Å²) in [6.07, 6.45) is -0.654. The molecule has 0 aliphatic rings. The molecule has 0 aromatic heterocycles. The van der Waals surface area contributed by atoms with E-state index in [2.05, 4.69) is 23.5 Å². The largest absolute Gasteiger partial charge is 0.493 e.